The molecule has 0 bridgehead atoms. The van der Waals surface area contributed by atoms with Crippen LogP contribution in [0.1, 0.15) is 37.4 Å². The molecule has 118 valence electrons. The van der Waals surface area contributed by atoms with Crippen molar-refractivity contribution < 1.29 is 9.47 Å². The van der Waals surface area contributed by atoms with Crippen LogP contribution in [0.3, 0.4) is 0 Å². The summed E-state index contributed by atoms with van der Waals surface area (Å²) in [7, 11) is 3.79. The maximum Gasteiger partial charge on any atom is 0.123 e. The number of rotatable bonds is 7. The molecular weight excluding hydrogens is 264 g/mol. The summed E-state index contributed by atoms with van der Waals surface area (Å²) in [6, 6.07) is 6.88. The van der Waals surface area contributed by atoms with Crippen molar-refractivity contribution >= 4 is 0 Å². The number of nitrogens with zero attached hydrogens (tertiary/aromatic N) is 1. The highest BCUT2D eigenvalue weighted by Crippen LogP contribution is 2.26. The highest BCUT2D eigenvalue weighted by molar-refractivity contribution is 5.38. The lowest BCUT2D eigenvalue weighted by molar-refractivity contribution is 0.107. The van der Waals surface area contributed by atoms with Gasteiger partial charge in [-0.2, -0.15) is 0 Å². The topological polar surface area (TPSA) is 33.7 Å². The molecular formula is C17H28N2O2. The minimum absolute atomic E-state index is 0.352. The molecule has 0 amide bonds. The van der Waals surface area contributed by atoms with E-state index in [-0.39, 0.29) is 0 Å². The number of hydrogen-bond donors (Lipinski definition) is 1. The summed E-state index contributed by atoms with van der Waals surface area (Å²) in [5, 5.41) is 3.30. The molecule has 1 aliphatic rings. The van der Waals surface area contributed by atoms with Crippen molar-refractivity contribution in [2.75, 3.05) is 33.9 Å². The first-order valence-corrected chi connectivity index (χ1v) is 7.86. The molecule has 1 aliphatic heterocycles. The van der Waals surface area contributed by atoms with Gasteiger partial charge in [0.2, 0.25) is 0 Å². The summed E-state index contributed by atoms with van der Waals surface area (Å²) in [6.07, 6.45) is 1.49. The molecule has 0 saturated carbocycles. The van der Waals surface area contributed by atoms with Gasteiger partial charge in [0.05, 0.1) is 12.7 Å². The zero-order chi connectivity index (χ0) is 15.2. The lowest BCUT2D eigenvalue weighted by Gasteiger charge is -2.20. The van der Waals surface area contributed by atoms with E-state index in [2.05, 4.69) is 35.3 Å². The lowest BCUT2D eigenvalue weighted by atomic mass is 10.0. The normalized spacial score (nSPS) is 20.7. The first-order chi connectivity index (χ1) is 10.2. The van der Waals surface area contributed by atoms with Crippen LogP contribution in [0.5, 0.6) is 5.75 Å². The predicted molar refractivity (Wildman–Crippen MR) is 85.8 cm³/mol. The minimum atomic E-state index is 0.352. The van der Waals surface area contributed by atoms with Crippen LogP contribution in [0.15, 0.2) is 18.2 Å². The fourth-order valence-corrected chi connectivity index (χ4v) is 2.83. The van der Waals surface area contributed by atoms with Crippen LogP contribution in [-0.4, -0.2) is 44.9 Å². The molecule has 2 unspecified atom stereocenters. The van der Waals surface area contributed by atoms with E-state index in [9.17, 15) is 0 Å². The van der Waals surface area contributed by atoms with Crippen molar-refractivity contribution in [2.24, 2.45) is 0 Å². The molecule has 1 saturated heterocycles. The Hall–Kier alpha value is -1.10. The molecule has 1 heterocycles. The van der Waals surface area contributed by atoms with Crippen LogP contribution >= 0.6 is 0 Å². The fourth-order valence-electron chi connectivity index (χ4n) is 2.83. The molecule has 1 fully saturated rings. The molecule has 0 spiro atoms. The molecule has 1 aromatic carbocycles. The number of nitrogens with one attached hydrogen (secondary N) is 1. The van der Waals surface area contributed by atoms with Gasteiger partial charge in [-0.05, 0) is 45.0 Å². The van der Waals surface area contributed by atoms with Gasteiger partial charge in [0, 0.05) is 38.3 Å². The third-order valence-corrected chi connectivity index (χ3v) is 4.27. The molecule has 2 atom stereocenters. The quantitative estimate of drug-likeness (QED) is 0.837. The first kappa shape index (κ1) is 16.3. The Kier molecular flexibility index (Phi) is 6.03. The fraction of sp³-hybridized carbons (Fsp3) is 0.647. The second-order valence-corrected chi connectivity index (χ2v) is 5.69. The summed E-state index contributed by atoms with van der Waals surface area (Å²) in [4.78, 5) is 2.44. The van der Waals surface area contributed by atoms with E-state index in [0.717, 1.165) is 31.8 Å². The van der Waals surface area contributed by atoms with Gasteiger partial charge in [-0.1, -0.05) is 6.07 Å². The largest absolute Gasteiger partial charge is 0.494 e. The summed E-state index contributed by atoms with van der Waals surface area (Å²) in [6.45, 7) is 7.94. The van der Waals surface area contributed by atoms with E-state index < -0.39 is 0 Å². The molecule has 0 aromatic heterocycles. The van der Waals surface area contributed by atoms with Crippen molar-refractivity contribution in [3.63, 3.8) is 0 Å². The van der Waals surface area contributed by atoms with Crippen molar-refractivity contribution in [1.82, 2.24) is 10.2 Å². The van der Waals surface area contributed by atoms with Gasteiger partial charge in [-0.15, -0.1) is 0 Å². The summed E-state index contributed by atoms with van der Waals surface area (Å²) < 4.78 is 11.2. The smallest absolute Gasteiger partial charge is 0.123 e. The van der Waals surface area contributed by atoms with E-state index in [1.807, 2.05) is 14.0 Å². The average molecular weight is 292 g/mol. The Morgan fingerprint density at radius 2 is 2.24 bits per heavy atom. The van der Waals surface area contributed by atoms with Crippen LogP contribution in [0, 0.1) is 0 Å². The number of ether oxygens (including phenoxy) is 2. The molecule has 0 aliphatic carbocycles. The number of methoxy groups -OCH3 is 1. The van der Waals surface area contributed by atoms with Gasteiger partial charge < -0.3 is 14.8 Å². The molecule has 1 N–H and O–H groups in total. The van der Waals surface area contributed by atoms with E-state index >= 15 is 0 Å². The summed E-state index contributed by atoms with van der Waals surface area (Å²) in [5.41, 5.74) is 2.58. The molecule has 0 radical (unpaired) electrons. The van der Waals surface area contributed by atoms with Crippen molar-refractivity contribution in [2.45, 2.75) is 39.0 Å². The highest BCUT2D eigenvalue weighted by atomic mass is 16.5. The van der Waals surface area contributed by atoms with Crippen LogP contribution in [0.2, 0.25) is 0 Å². The minimum Gasteiger partial charge on any atom is -0.494 e. The SMILES string of the molecule is CCOc1ccc(C(C)NC)cc1CN1CCC(OC)C1. The maximum atomic E-state index is 5.79. The number of benzene rings is 1. The van der Waals surface area contributed by atoms with Crippen molar-refractivity contribution in [3.8, 4) is 5.75 Å². The van der Waals surface area contributed by atoms with E-state index in [4.69, 9.17) is 9.47 Å². The Morgan fingerprint density at radius 3 is 2.86 bits per heavy atom. The Balaban J connectivity index is 2.14. The summed E-state index contributed by atoms with van der Waals surface area (Å²) >= 11 is 0. The average Bonchev–Trinajstić information content (AvgIpc) is 2.96. The Labute approximate surface area is 128 Å². The van der Waals surface area contributed by atoms with Gasteiger partial charge in [0.1, 0.15) is 5.75 Å². The lowest BCUT2D eigenvalue weighted by Crippen LogP contribution is -2.23. The molecule has 1 aromatic rings. The Morgan fingerprint density at radius 1 is 1.43 bits per heavy atom. The predicted octanol–water partition coefficient (Wildman–Crippen LogP) is 2.59. The molecule has 4 heteroatoms. The third-order valence-electron chi connectivity index (χ3n) is 4.27. The van der Waals surface area contributed by atoms with Gasteiger partial charge in [0.15, 0.2) is 0 Å². The van der Waals surface area contributed by atoms with Gasteiger partial charge in [0.25, 0.3) is 0 Å². The van der Waals surface area contributed by atoms with Crippen molar-refractivity contribution in [3.05, 3.63) is 29.3 Å². The third kappa shape index (κ3) is 4.19. The monoisotopic (exact) mass is 292 g/mol. The van der Waals surface area contributed by atoms with Crippen LogP contribution in [0.25, 0.3) is 0 Å². The second kappa shape index (κ2) is 7.78. The zero-order valence-corrected chi connectivity index (χ0v) is 13.7. The molecule has 21 heavy (non-hydrogen) atoms. The number of hydrogen-bond acceptors (Lipinski definition) is 4. The molecule has 2 rings (SSSR count). The van der Waals surface area contributed by atoms with E-state index in [0.29, 0.717) is 18.8 Å². The van der Waals surface area contributed by atoms with E-state index in [1.54, 1.807) is 7.11 Å². The van der Waals surface area contributed by atoms with Gasteiger partial charge in [-0.3, -0.25) is 4.90 Å². The first-order valence-electron chi connectivity index (χ1n) is 7.86. The molecule has 4 nitrogen and oxygen atoms in total. The van der Waals surface area contributed by atoms with Crippen LogP contribution in [-0.2, 0) is 11.3 Å². The maximum absolute atomic E-state index is 5.79. The van der Waals surface area contributed by atoms with Crippen LogP contribution < -0.4 is 10.1 Å². The number of likely N-dealkylation sites (tertiary alicyclic amines) is 1. The van der Waals surface area contributed by atoms with Crippen LogP contribution in [0.4, 0.5) is 0 Å². The Bertz CT molecular complexity index is 450. The van der Waals surface area contributed by atoms with Gasteiger partial charge in [-0.25, -0.2) is 0 Å². The standard InChI is InChI=1S/C17H28N2O2/c1-5-21-17-7-6-14(13(2)18-3)10-15(17)11-19-9-8-16(12-19)20-4/h6-7,10,13,16,18H,5,8-9,11-12H2,1-4H3. The van der Waals surface area contributed by atoms with E-state index in [1.165, 1.54) is 11.1 Å². The summed E-state index contributed by atoms with van der Waals surface area (Å²) in [5.74, 6) is 1.01. The van der Waals surface area contributed by atoms with Gasteiger partial charge >= 0.3 is 0 Å². The zero-order valence-electron chi connectivity index (χ0n) is 13.7. The van der Waals surface area contributed by atoms with Crippen molar-refractivity contribution in [1.29, 1.82) is 0 Å². The highest BCUT2D eigenvalue weighted by Gasteiger charge is 2.23. The second-order valence-electron chi connectivity index (χ2n) is 5.69.